The van der Waals surface area contributed by atoms with Gasteiger partial charge in [-0.3, -0.25) is 4.79 Å². The first-order valence-electron chi connectivity index (χ1n) is 11.3. The summed E-state index contributed by atoms with van der Waals surface area (Å²) in [5, 5.41) is 79.4. The number of hydrogen-bond acceptors (Lipinski definition) is 10. The summed E-state index contributed by atoms with van der Waals surface area (Å²) in [7, 11) is 0. The Morgan fingerprint density at radius 3 is 1.97 bits per heavy atom. The highest BCUT2D eigenvalue weighted by molar-refractivity contribution is 6.01. The molecule has 0 saturated heterocycles. The van der Waals surface area contributed by atoms with Crippen molar-refractivity contribution in [1.82, 2.24) is 0 Å². The van der Waals surface area contributed by atoms with Crippen LogP contribution >= 0.6 is 0 Å². The largest absolute Gasteiger partial charge is 0.504 e. The Hall–Kier alpha value is -5.39. The molecule has 0 amide bonds. The number of phenolic OH excluding ortho intramolecular Hbond substituents is 6. The number of carboxylic acid groups (broad SMARTS) is 2. The molecule has 12 nitrogen and oxygen atoms in total. The summed E-state index contributed by atoms with van der Waals surface area (Å²) in [5.74, 6) is -11.0. The van der Waals surface area contributed by atoms with Gasteiger partial charge in [0.25, 0.3) is 0 Å². The zero-order chi connectivity index (χ0) is 28.6. The van der Waals surface area contributed by atoms with Gasteiger partial charge in [0.1, 0.15) is 0 Å². The average Bonchev–Trinajstić information content (AvgIpc) is 2.88. The third-order valence-electron chi connectivity index (χ3n) is 6.37. The first-order chi connectivity index (χ1) is 18.4. The van der Waals surface area contributed by atoms with E-state index in [4.69, 9.17) is 4.74 Å². The molecular weight excluding hydrogens is 516 g/mol. The van der Waals surface area contributed by atoms with Crippen molar-refractivity contribution in [3.05, 3.63) is 76.4 Å². The lowest BCUT2D eigenvalue weighted by Gasteiger charge is -2.32. The van der Waals surface area contributed by atoms with Gasteiger partial charge in [0.05, 0.1) is 5.92 Å². The molecule has 1 aliphatic rings. The molecule has 0 radical (unpaired) electrons. The van der Waals surface area contributed by atoms with E-state index >= 15 is 0 Å². The van der Waals surface area contributed by atoms with Gasteiger partial charge in [-0.05, 0) is 53.1 Å². The maximum absolute atomic E-state index is 13.4. The molecule has 0 aromatic heterocycles. The molecule has 0 aliphatic heterocycles. The number of esters is 1. The van der Waals surface area contributed by atoms with E-state index in [1.54, 1.807) is 0 Å². The third-order valence-corrected chi connectivity index (χ3v) is 6.37. The highest BCUT2D eigenvalue weighted by atomic mass is 16.6. The van der Waals surface area contributed by atoms with Crippen LogP contribution in [0.5, 0.6) is 34.5 Å². The highest BCUT2D eigenvalue weighted by Crippen LogP contribution is 2.51. The average molecular weight is 538 g/mol. The van der Waals surface area contributed by atoms with Crippen molar-refractivity contribution < 1.29 is 60.0 Å². The molecular formula is C27H22O12. The fourth-order valence-corrected chi connectivity index (χ4v) is 4.51. The van der Waals surface area contributed by atoms with Crippen LogP contribution in [0.15, 0.2) is 54.1 Å². The van der Waals surface area contributed by atoms with E-state index in [9.17, 15) is 55.2 Å². The smallest absolute Gasteiger partial charge is 0.345 e. The minimum atomic E-state index is -1.80. The number of benzene rings is 3. The lowest BCUT2D eigenvalue weighted by molar-refractivity contribution is -0.161. The maximum Gasteiger partial charge on any atom is 0.345 e. The van der Waals surface area contributed by atoms with Crippen molar-refractivity contribution in [2.24, 2.45) is 0 Å². The van der Waals surface area contributed by atoms with Gasteiger partial charge in [0.2, 0.25) is 6.10 Å². The van der Waals surface area contributed by atoms with Crippen molar-refractivity contribution >= 4 is 24.0 Å². The summed E-state index contributed by atoms with van der Waals surface area (Å²) in [6.07, 6.45) is -1.04. The number of ether oxygens (including phenoxy) is 1. The van der Waals surface area contributed by atoms with Gasteiger partial charge < -0.3 is 45.6 Å². The Kier molecular flexibility index (Phi) is 6.95. The van der Waals surface area contributed by atoms with Crippen molar-refractivity contribution in [1.29, 1.82) is 0 Å². The third kappa shape index (κ3) is 5.07. The number of carbonyl (C=O) groups excluding carboxylic acids is 1. The Bertz CT molecular complexity index is 1520. The molecule has 12 heteroatoms. The number of phenols is 6. The summed E-state index contributed by atoms with van der Waals surface area (Å²) >= 11 is 0. The fraction of sp³-hybridized carbons (Fsp3) is 0.148. The minimum absolute atomic E-state index is 0.00428. The molecule has 0 fully saturated rings. The second kappa shape index (κ2) is 10.2. The van der Waals surface area contributed by atoms with Crippen LogP contribution in [0.3, 0.4) is 0 Å². The second-order valence-corrected chi connectivity index (χ2v) is 8.84. The topological polar surface area (TPSA) is 222 Å². The fourth-order valence-electron chi connectivity index (χ4n) is 4.51. The van der Waals surface area contributed by atoms with Crippen LogP contribution < -0.4 is 0 Å². The number of aromatic hydroxyl groups is 6. The van der Waals surface area contributed by atoms with Crippen molar-refractivity contribution in [2.75, 3.05) is 0 Å². The van der Waals surface area contributed by atoms with Gasteiger partial charge in [-0.25, -0.2) is 9.59 Å². The van der Waals surface area contributed by atoms with Gasteiger partial charge in [-0.2, -0.15) is 0 Å². The number of carboxylic acids is 2. The number of fused-ring (bicyclic) bond motifs is 1. The predicted molar refractivity (Wildman–Crippen MR) is 132 cm³/mol. The molecule has 0 spiro atoms. The van der Waals surface area contributed by atoms with Crippen LogP contribution in [0.1, 0.15) is 34.1 Å². The first kappa shape index (κ1) is 26.7. The lowest BCUT2D eigenvalue weighted by Crippen LogP contribution is -2.33. The molecule has 3 aromatic rings. The quantitative estimate of drug-likeness (QED) is 0.161. The summed E-state index contributed by atoms with van der Waals surface area (Å²) in [6, 6.07) is 9.16. The van der Waals surface area contributed by atoms with E-state index < -0.39 is 76.8 Å². The van der Waals surface area contributed by atoms with Gasteiger partial charge in [0.15, 0.2) is 34.5 Å². The maximum atomic E-state index is 13.4. The highest BCUT2D eigenvalue weighted by Gasteiger charge is 2.44. The van der Waals surface area contributed by atoms with Crippen LogP contribution in [0, 0.1) is 0 Å². The normalized spacial score (nSPS) is 17.0. The van der Waals surface area contributed by atoms with Crippen LogP contribution in [0.4, 0.5) is 0 Å². The minimum Gasteiger partial charge on any atom is -0.504 e. The standard InChI is InChI=1S/C27H22O12/c28-15-4-1-11(7-18(15)31)8-20(25(34)35)39-27(38)14-9-12-3-6-17(30)24(33)22(12)23(26(36)37)21(14)13-2-5-16(29)19(32)10-13/h1-7,9-10,20-21,23,28-33H,8H2,(H,34,35)(H,36,37). The molecule has 0 saturated carbocycles. The van der Waals surface area contributed by atoms with Crippen molar-refractivity contribution in [3.8, 4) is 34.5 Å². The molecule has 39 heavy (non-hydrogen) atoms. The molecule has 8 N–H and O–H groups in total. The Balaban J connectivity index is 1.81. The molecule has 4 rings (SSSR count). The summed E-state index contributed by atoms with van der Waals surface area (Å²) < 4.78 is 5.26. The summed E-state index contributed by atoms with van der Waals surface area (Å²) in [4.78, 5) is 37.9. The molecule has 3 unspecified atom stereocenters. The van der Waals surface area contributed by atoms with Crippen molar-refractivity contribution in [2.45, 2.75) is 24.4 Å². The van der Waals surface area contributed by atoms with Gasteiger partial charge in [0, 0.05) is 23.5 Å². The number of carbonyl (C=O) groups is 3. The van der Waals surface area contributed by atoms with E-state index in [1.807, 2.05) is 0 Å². The van der Waals surface area contributed by atoms with Crippen LogP contribution in [-0.4, -0.2) is 64.9 Å². The van der Waals surface area contributed by atoms with E-state index in [-0.39, 0.29) is 27.8 Å². The zero-order valence-electron chi connectivity index (χ0n) is 19.8. The van der Waals surface area contributed by atoms with E-state index in [2.05, 4.69) is 0 Å². The van der Waals surface area contributed by atoms with Crippen LogP contribution in [0.25, 0.3) is 6.08 Å². The number of hydrogen-bond donors (Lipinski definition) is 8. The van der Waals surface area contributed by atoms with E-state index in [1.165, 1.54) is 24.3 Å². The monoisotopic (exact) mass is 538 g/mol. The molecule has 0 heterocycles. The molecule has 3 aromatic carbocycles. The molecule has 3 atom stereocenters. The van der Waals surface area contributed by atoms with E-state index in [0.29, 0.717) is 0 Å². The molecule has 1 aliphatic carbocycles. The first-order valence-corrected chi connectivity index (χ1v) is 11.3. The summed E-state index contributed by atoms with van der Waals surface area (Å²) in [6.45, 7) is 0. The second-order valence-electron chi connectivity index (χ2n) is 8.84. The van der Waals surface area contributed by atoms with Crippen LogP contribution in [0.2, 0.25) is 0 Å². The van der Waals surface area contributed by atoms with Gasteiger partial charge >= 0.3 is 17.9 Å². The Morgan fingerprint density at radius 1 is 0.769 bits per heavy atom. The lowest BCUT2D eigenvalue weighted by atomic mass is 9.71. The van der Waals surface area contributed by atoms with Crippen molar-refractivity contribution in [3.63, 3.8) is 0 Å². The number of aliphatic carboxylic acids is 2. The van der Waals surface area contributed by atoms with Crippen LogP contribution in [-0.2, 0) is 25.5 Å². The number of rotatable bonds is 7. The molecule has 202 valence electrons. The Labute approximate surface area is 219 Å². The van der Waals surface area contributed by atoms with Gasteiger partial charge in [-0.15, -0.1) is 0 Å². The van der Waals surface area contributed by atoms with E-state index in [0.717, 1.165) is 30.3 Å². The SMILES string of the molecule is O=C(OC(Cc1ccc(O)c(O)c1)C(=O)O)C1=Cc2ccc(O)c(O)c2C(C(=O)O)C1c1ccc(O)c(O)c1. The zero-order valence-corrected chi connectivity index (χ0v) is 19.8. The van der Waals surface area contributed by atoms with Gasteiger partial charge in [-0.1, -0.05) is 18.2 Å². The predicted octanol–water partition coefficient (Wildman–Crippen LogP) is 2.51. The summed E-state index contributed by atoms with van der Waals surface area (Å²) in [5.41, 5.74) is -0.322. The molecule has 0 bridgehead atoms. The Morgan fingerprint density at radius 2 is 1.38 bits per heavy atom.